The minimum atomic E-state index is -0.197. The van der Waals surface area contributed by atoms with Crippen LogP contribution in [0, 0.1) is 5.92 Å². The minimum absolute atomic E-state index is 0.197. The van der Waals surface area contributed by atoms with Crippen molar-refractivity contribution in [1.29, 1.82) is 0 Å². The van der Waals surface area contributed by atoms with Crippen molar-refractivity contribution < 1.29 is 9.21 Å². The molecule has 0 radical (unpaired) electrons. The molecule has 19 heavy (non-hydrogen) atoms. The van der Waals surface area contributed by atoms with E-state index in [0.717, 1.165) is 13.1 Å². The van der Waals surface area contributed by atoms with E-state index < -0.39 is 0 Å². The third-order valence-corrected chi connectivity index (χ3v) is 3.85. The maximum Gasteiger partial charge on any atom is 0.287 e. The summed E-state index contributed by atoms with van der Waals surface area (Å²) >= 11 is 5.67. The maximum atomic E-state index is 11.9. The number of hydrogen-bond donors (Lipinski definition) is 1. The SMILES string of the molecule is CC(C)C(CNC(=O)c1ccc(Cl)o1)N1CCCC1. The smallest absolute Gasteiger partial charge is 0.287 e. The van der Waals surface area contributed by atoms with E-state index in [2.05, 4.69) is 24.1 Å². The fourth-order valence-corrected chi connectivity index (χ4v) is 2.73. The quantitative estimate of drug-likeness (QED) is 0.904. The van der Waals surface area contributed by atoms with E-state index in [1.807, 2.05) is 0 Å². The molecule has 1 N–H and O–H groups in total. The molecule has 0 saturated carbocycles. The highest BCUT2D eigenvalue weighted by molar-refractivity contribution is 6.29. The van der Waals surface area contributed by atoms with Crippen LogP contribution in [0.5, 0.6) is 0 Å². The molecule has 1 fully saturated rings. The van der Waals surface area contributed by atoms with E-state index in [0.29, 0.717) is 18.5 Å². The molecule has 0 aromatic carbocycles. The predicted molar refractivity (Wildman–Crippen MR) is 75.5 cm³/mol. The molecular weight excluding hydrogens is 264 g/mol. The summed E-state index contributed by atoms with van der Waals surface area (Å²) in [6.45, 7) is 7.29. The number of halogens is 1. The van der Waals surface area contributed by atoms with Gasteiger partial charge in [0.15, 0.2) is 11.0 Å². The van der Waals surface area contributed by atoms with Gasteiger partial charge in [0.1, 0.15) is 0 Å². The number of furan rings is 1. The molecule has 1 amide bonds. The van der Waals surface area contributed by atoms with Gasteiger partial charge in [0.25, 0.3) is 5.91 Å². The van der Waals surface area contributed by atoms with Crippen LogP contribution in [0.25, 0.3) is 0 Å². The third kappa shape index (κ3) is 3.74. The first-order chi connectivity index (χ1) is 9.08. The number of rotatable bonds is 5. The Morgan fingerprint density at radius 1 is 1.42 bits per heavy atom. The second kappa shape index (κ2) is 6.44. The Kier molecular flexibility index (Phi) is 4.88. The van der Waals surface area contributed by atoms with Crippen LogP contribution < -0.4 is 5.32 Å². The molecule has 106 valence electrons. The molecule has 1 aliphatic rings. The summed E-state index contributed by atoms with van der Waals surface area (Å²) in [6, 6.07) is 3.56. The summed E-state index contributed by atoms with van der Waals surface area (Å²) in [5, 5.41) is 3.18. The normalized spacial score (nSPS) is 17.9. The summed E-state index contributed by atoms with van der Waals surface area (Å²) < 4.78 is 5.10. The van der Waals surface area contributed by atoms with E-state index in [9.17, 15) is 4.79 Å². The van der Waals surface area contributed by atoms with Crippen LogP contribution in [-0.2, 0) is 0 Å². The number of carbonyl (C=O) groups is 1. The molecule has 1 unspecified atom stereocenters. The molecule has 4 nitrogen and oxygen atoms in total. The molecule has 1 aliphatic heterocycles. The van der Waals surface area contributed by atoms with Gasteiger partial charge in [0, 0.05) is 12.6 Å². The van der Waals surface area contributed by atoms with Crippen molar-refractivity contribution >= 4 is 17.5 Å². The summed E-state index contributed by atoms with van der Waals surface area (Å²) in [6.07, 6.45) is 2.51. The molecule has 1 atom stereocenters. The molecule has 5 heteroatoms. The van der Waals surface area contributed by atoms with Gasteiger partial charge in [-0.05, 0) is 55.6 Å². The van der Waals surface area contributed by atoms with Gasteiger partial charge >= 0.3 is 0 Å². The molecule has 0 aliphatic carbocycles. The second-order valence-electron chi connectivity index (χ2n) is 5.37. The first kappa shape index (κ1) is 14.4. The number of likely N-dealkylation sites (tertiary alicyclic amines) is 1. The highest BCUT2D eigenvalue weighted by Gasteiger charge is 2.25. The summed E-state index contributed by atoms with van der Waals surface area (Å²) in [5.74, 6) is 0.587. The summed E-state index contributed by atoms with van der Waals surface area (Å²) in [7, 11) is 0. The Morgan fingerprint density at radius 2 is 2.11 bits per heavy atom. The van der Waals surface area contributed by atoms with E-state index >= 15 is 0 Å². The van der Waals surface area contributed by atoms with Crippen molar-refractivity contribution in [2.75, 3.05) is 19.6 Å². The Hall–Kier alpha value is -1.00. The predicted octanol–water partition coefficient (Wildman–Crippen LogP) is 2.78. The monoisotopic (exact) mass is 284 g/mol. The van der Waals surface area contributed by atoms with Gasteiger partial charge in [0.2, 0.25) is 0 Å². The summed E-state index contributed by atoms with van der Waals surface area (Å²) in [4.78, 5) is 14.4. The van der Waals surface area contributed by atoms with Crippen molar-refractivity contribution in [2.45, 2.75) is 32.7 Å². The molecule has 0 spiro atoms. The number of carbonyl (C=O) groups excluding carboxylic acids is 1. The minimum Gasteiger partial charge on any atom is -0.440 e. The zero-order valence-corrected chi connectivity index (χ0v) is 12.2. The molecule has 2 rings (SSSR count). The van der Waals surface area contributed by atoms with Crippen LogP contribution in [0.2, 0.25) is 5.22 Å². The largest absolute Gasteiger partial charge is 0.440 e. The van der Waals surface area contributed by atoms with Crippen molar-refractivity contribution in [3.63, 3.8) is 0 Å². The van der Waals surface area contributed by atoms with Crippen molar-refractivity contribution in [2.24, 2.45) is 5.92 Å². The molecular formula is C14H21ClN2O2. The average molecular weight is 285 g/mol. The van der Waals surface area contributed by atoms with Crippen molar-refractivity contribution in [3.05, 3.63) is 23.1 Å². The Labute approximate surface area is 119 Å². The molecule has 2 heterocycles. The highest BCUT2D eigenvalue weighted by Crippen LogP contribution is 2.17. The third-order valence-electron chi connectivity index (χ3n) is 3.65. The fourth-order valence-electron chi connectivity index (χ4n) is 2.58. The van der Waals surface area contributed by atoms with Gasteiger partial charge in [-0.15, -0.1) is 0 Å². The van der Waals surface area contributed by atoms with E-state index in [4.69, 9.17) is 16.0 Å². The van der Waals surface area contributed by atoms with Gasteiger partial charge in [-0.3, -0.25) is 9.69 Å². The van der Waals surface area contributed by atoms with E-state index in [1.165, 1.54) is 12.8 Å². The molecule has 1 aromatic heterocycles. The average Bonchev–Trinajstić information content (AvgIpc) is 3.00. The van der Waals surface area contributed by atoms with Crippen LogP contribution in [0.15, 0.2) is 16.5 Å². The van der Waals surface area contributed by atoms with E-state index in [1.54, 1.807) is 12.1 Å². The zero-order chi connectivity index (χ0) is 13.8. The lowest BCUT2D eigenvalue weighted by molar-refractivity contribution is 0.0900. The van der Waals surface area contributed by atoms with Gasteiger partial charge in [0.05, 0.1) is 0 Å². The van der Waals surface area contributed by atoms with Gasteiger partial charge < -0.3 is 9.73 Å². The van der Waals surface area contributed by atoms with Crippen LogP contribution in [-0.4, -0.2) is 36.5 Å². The lowest BCUT2D eigenvalue weighted by atomic mass is 10.0. The van der Waals surface area contributed by atoms with E-state index in [-0.39, 0.29) is 16.9 Å². The fraction of sp³-hybridized carbons (Fsp3) is 0.643. The molecule has 1 saturated heterocycles. The van der Waals surface area contributed by atoms with Crippen molar-refractivity contribution in [1.82, 2.24) is 10.2 Å². The summed E-state index contributed by atoms with van der Waals surface area (Å²) in [5.41, 5.74) is 0. The number of hydrogen-bond acceptors (Lipinski definition) is 3. The first-order valence-electron chi connectivity index (χ1n) is 6.85. The first-order valence-corrected chi connectivity index (χ1v) is 7.23. The number of nitrogens with zero attached hydrogens (tertiary/aromatic N) is 1. The number of amides is 1. The van der Waals surface area contributed by atoms with Crippen LogP contribution in [0.1, 0.15) is 37.2 Å². The van der Waals surface area contributed by atoms with Crippen LogP contribution in [0.3, 0.4) is 0 Å². The van der Waals surface area contributed by atoms with Crippen LogP contribution >= 0.6 is 11.6 Å². The highest BCUT2D eigenvalue weighted by atomic mass is 35.5. The van der Waals surface area contributed by atoms with Gasteiger partial charge in [-0.25, -0.2) is 0 Å². The van der Waals surface area contributed by atoms with Gasteiger partial charge in [-0.2, -0.15) is 0 Å². The lowest BCUT2D eigenvalue weighted by Gasteiger charge is -2.30. The standard InChI is InChI=1S/C14H21ClN2O2/c1-10(2)11(17-7-3-4-8-17)9-16-14(18)12-5-6-13(15)19-12/h5-6,10-11H,3-4,7-9H2,1-2H3,(H,16,18). The Balaban J connectivity index is 1.89. The van der Waals surface area contributed by atoms with Crippen molar-refractivity contribution in [3.8, 4) is 0 Å². The lowest BCUT2D eigenvalue weighted by Crippen LogP contribution is -2.45. The van der Waals surface area contributed by atoms with Gasteiger partial charge in [-0.1, -0.05) is 13.8 Å². The maximum absolute atomic E-state index is 11.9. The molecule has 0 bridgehead atoms. The molecule has 1 aromatic rings. The zero-order valence-electron chi connectivity index (χ0n) is 11.5. The second-order valence-corrected chi connectivity index (χ2v) is 5.74. The number of nitrogens with one attached hydrogen (secondary N) is 1. The Bertz CT molecular complexity index is 425. The Morgan fingerprint density at radius 3 is 2.63 bits per heavy atom. The van der Waals surface area contributed by atoms with Crippen LogP contribution in [0.4, 0.5) is 0 Å². The topological polar surface area (TPSA) is 45.5 Å².